The SMILES string of the molecule is CCOC(=O)c1ccc(C)c(NC(=S)NC(C)c2ccc(N3CCC(C)CC3)cc2)c1. The average molecular weight is 440 g/mol. The van der Waals surface area contributed by atoms with E-state index in [1.807, 2.05) is 13.0 Å². The predicted molar refractivity (Wildman–Crippen MR) is 132 cm³/mol. The Bertz CT molecular complexity index is 905. The molecular formula is C25H33N3O2S. The van der Waals surface area contributed by atoms with Crippen LogP contribution >= 0.6 is 12.2 Å². The van der Waals surface area contributed by atoms with E-state index in [-0.39, 0.29) is 12.0 Å². The van der Waals surface area contributed by atoms with E-state index < -0.39 is 0 Å². The Morgan fingerprint density at radius 3 is 2.52 bits per heavy atom. The van der Waals surface area contributed by atoms with E-state index in [1.165, 1.54) is 24.1 Å². The van der Waals surface area contributed by atoms with Crippen LogP contribution in [0.25, 0.3) is 0 Å². The fraction of sp³-hybridized carbons (Fsp3) is 0.440. The number of nitrogens with one attached hydrogen (secondary N) is 2. The largest absolute Gasteiger partial charge is 0.462 e. The molecule has 1 saturated heterocycles. The summed E-state index contributed by atoms with van der Waals surface area (Å²) in [6, 6.07) is 14.2. The third-order valence-electron chi connectivity index (χ3n) is 5.89. The maximum absolute atomic E-state index is 12.0. The van der Waals surface area contributed by atoms with Crippen molar-refractivity contribution in [3.05, 3.63) is 59.2 Å². The topological polar surface area (TPSA) is 53.6 Å². The highest BCUT2D eigenvalue weighted by Crippen LogP contribution is 2.25. The molecule has 0 spiro atoms. The van der Waals surface area contributed by atoms with Gasteiger partial charge in [-0.1, -0.05) is 25.1 Å². The Labute approximate surface area is 191 Å². The minimum absolute atomic E-state index is 0.0592. The highest BCUT2D eigenvalue weighted by atomic mass is 32.1. The lowest BCUT2D eigenvalue weighted by molar-refractivity contribution is 0.0526. The van der Waals surface area contributed by atoms with Gasteiger partial charge in [-0.05, 0) is 87.1 Å². The summed E-state index contributed by atoms with van der Waals surface area (Å²) in [5, 5.41) is 7.08. The standard InChI is InChI=1S/C25H33N3O2S/c1-5-30-24(29)21-7-6-18(3)23(16-21)27-25(31)26-19(4)20-8-10-22(11-9-20)28-14-12-17(2)13-15-28/h6-11,16-17,19H,5,12-15H2,1-4H3,(H2,26,27,31). The Hall–Kier alpha value is -2.60. The predicted octanol–water partition coefficient (Wildman–Crippen LogP) is 5.46. The number of rotatable bonds is 6. The molecule has 6 heteroatoms. The van der Waals surface area contributed by atoms with Crippen LogP contribution < -0.4 is 15.5 Å². The number of anilines is 2. The summed E-state index contributed by atoms with van der Waals surface area (Å²) < 4.78 is 5.09. The molecule has 0 aliphatic carbocycles. The zero-order valence-corrected chi connectivity index (χ0v) is 19.7. The van der Waals surface area contributed by atoms with Crippen LogP contribution in [0.5, 0.6) is 0 Å². The number of ether oxygens (including phenoxy) is 1. The maximum atomic E-state index is 12.0. The normalized spacial score (nSPS) is 15.3. The molecule has 5 nitrogen and oxygen atoms in total. The van der Waals surface area contributed by atoms with Crippen LogP contribution in [-0.2, 0) is 4.74 Å². The first-order valence-electron chi connectivity index (χ1n) is 11.1. The number of aryl methyl sites for hydroxylation is 1. The number of benzene rings is 2. The molecule has 31 heavy (non-hydrogen) atoms. The monoisotopic (exact) mass is 439 g/mol. The highest BCUT2D eigenvalue weighted by molar-refractivity contribution is 7.80. The van der Waals surface area contributed by atoms with Crippen LogP contribution in [0.15, 0.2) is 42.5 Å². The molecule has 1 fully saturated rings. The molecule has 1 atom stereocenters. The van der Waals surface area contributed by atoms with Gasteiger partial charge in [0.2, 0.25) is 0 Å². The van der Waals surface area contributed by atoms with Crippen LogP contribution in [0.3, 0.4) is 0 Å². The molecule has 0 aromatic heterocycles. The summed E-state index contributed by atoms with van der Waals surface area (Å²) in [4.78, 5) is 14.5. The molecule has 1 unspecified atom stereocenters. The summed E-state index contributed by atoms with van der Waals surface area (Å²) in [5.74, 6) is 0.496. The Morgan fingerprint density at radius 2 is 1.87 bits per heavy atom. The molecular weight excluding hydrogens is 406 g/mol. The fourth-order valence-corrected chi connectivity index (χ4v) is 4.06. The molecule has 0 saturated carbocycles. The fourth-order valence-electron chi connectivity index (χ4n) is 3.78. The van der Waals surface area contributed by atoms with Crippen LogP contribution in [0.2, 0.25) is 0 Å². The van der Waals surface area contributed by atoms with Gasteiger partial charge in [0.15, 0.2) is 5.11 Å². The van der Waals surface area contributed by atoms with Crippen molar-refractivity contribution >= 4 is 34.7 Å². The van der Waals surface area contributed by atoms with Crippen molar-refractivity contribution in [1.82, 2.24) is 5.32 Å². The average Bonchev–Trinajstić information content (AvgIpc) is 2.76. The van der Waals surface area contributed by atoms with Gasteiger partial charge < -0.3 is 20.3 Å². The minimum Gasteiger partial charge on any atom is -0.462 e. The van der Waals surface area contributed by atoms with Crippen LogP contribution in [0, 0.1) is 12.8 Å². The summed E-state index contributed by atoms with van der Waals surface area (Å²) in [6.07, 6.45) is 2.52. The van der Waals surface area contributed by atoms with E-state index in [0.717, 1.165) is 30.3 Å². The number of piperidine rings is 1. The first kappa shape index (κ1) is 23.1. The van der Waals surface area contributed by atoms with Gasteiger partial charge in [0.1, 0.15) is 0 Å². The highest BCUT2D eigenvalue weighted by Gasteiger charge is 2.16. The quantitative estimate of drug-likeness (QED) is 0.461. The van der Waals surface area contributed by atoms with Gasteiger partial charge in [-0.25, -0.2) is 4.79 Å². The second-order valence-electron chi connectivity index (χ2n) is 8.33. The van der Waals surface area contributed by atoms with E-state index in [9.17, 15) is 4.79 Å². The second-order valence-corrected chi connectivity index (χ2v) is 8.74. The lowest BCUT2D eigenvalue weighted by Crippen LogP contribution is -2.33. The van der Waals surface area contributed by atoms with Crippen LogP contribution in [-0.4, -0.2) is 30.8 Å². The van der Waals surface area contributed by atoms with Gasteiger partial charge in [0, 0.05) is 24.5 Å². The van der Waals surface area contributed by atoms with Crippen molar-refractivity contribution in [1.29, 1.82) is 0 Å². The molecule has 0 bridgehead atoms. The Balaban J connectivity index is 1.59. The molecule has 2 N–H and O–H groups in total. The molecule has 166 valence electrons. The van der Waals surface area contributed by atoms with Gasteiger partial charge >= 0.3 is 5.97 Å². The molecule has 2 aromatic rings. The van der Waals surface area contributed by atoms with E-state index in [2.05, 4.69) is 53.6 Å². The molecule has 3 rings (SSSR count). The van der Waals surface area contributed by atoms with Crippen LogP contribution in [0.4, 0.5) is 11.4 Å². The number of hydrogen-bond acceptors (Lipinski definition) is 4. The van der Waals surface area contributed by atoms with Gasteiger partial charge in [0.05, 0.1) is 18.2 Å². The summed E-state index contributed by atoms with van der Waals surface area (Å²) in [6.45, 7) is 10.8. The van der Waals surface area contributed by atoms with Crippen molar-refractivity contribution in [2.75, 3.05) is 29.9 Å². The molecule has 2 aromatic carbocycles. The van der Waals surface area contributed by atoms with Crippen molar-refractivity contribution in [2.45, 2.75) is 46.6 Å². The zero-order chi connectivity index (χ0) is 22.4. The number of esters is 1. The Morgan fingerprint density at radius 1 is 1.19 bits per heavy atom. The first-order chi connectivity index (χ1) is 14.9. The number of hydrogen-bond donors (Lipinski definition) is 2. The van der Waals surface area contributed by atoms with E-state index >= 15 is 0 Å². The van der Waals surface area contributed by atoms with Gasteiger partial charge in [-0.2, -0.15) is 0 Å². The lowest BCUT2D eigenvalue weighted by atomic mass is 9.98. The molecule has 1 aliphatic rings. The van der Waals surface area contributed by atoms with E-state index in [4.69, 9.17) is 17.0 Å². The minimum atomic E-state index is -0.332. The second kappa shape index (κ2) is 10.6. The summed E-state index contributed by atoms with van der Waals surface area (Å²) in [5.41, 5.74) is 4.77. The third-order valence-corrected chi connectivity index (χ3v) is 6.11. The number of carbonyl (C=O) groups excluding carboxylic acids is 1. The first-order valence-corrected chi connectivity index (χ1v) is 11.5. The van der Waals surface area contributed by atoms with Crippen molar-refractivity contribution in [2.24, 2.45) is 5.92 Å². The molecule has 0 amide bonds. The van der Waals surface area contributed by atoms with Crippen molar-refractivity contribution < 1.29 is 9.53 Å². The van der Waals surface area contributed by atoms with Crippen molar-refractivity contribution in [3.63, 3.8) is 0 Å². The maximum Gasteiger partial charge on any atom is 0.338 e. The van der Waals surface area contributed by atoms with E-state index in [0.29, 0.717) is 17.3 Å². The third kappa shape index (κ3) is 6.20. The van der Waals surface area contributed by atoms with Crippen molar-refractivity contribution in [3.8, 4) is 0 Å². The smallest absolute Gasteiger partial charge is 0.338 e. The number of carbonyl (C=O) groups is 1. The Kier molecular flexibility index (Phi) is 7.91. The van der Waals surface area contributed by atoms with Gasteiger partial charge in [-0.15, -0.1) is 0 Å². The molecule has 0 radical (unpaired) electrons. The summed E-state index contributed by atoms with van der Waals surface area (Å²) in [7, 11) is 0. The number of nitrogens with zero attached hydrogens (tertiary/aromatic N) is 1. The number of thiocarbonyl (C=S) groups is 1. The van der Waals surface area contributed by atoms with Crippen LogP contribution in [0.1, 0.15) is 61.1 Å². The zero-order valence-electron chi connectivity index (χ0n) is 18.9. The molecule has 1 aliphatic heterocycles. The molecule has 1 heterocycles. The van der Waals surface area contributed by atoms with Gasteiger partial charge in [0.25, 0.3) is 0 Å². The lowest BCUT2D eigenvalue weighted by Gasteiger charge is -2.32. The summed E-state index contributed by atoms with van der Waals surface area (Å²) >= 11 is 5.52. The van der Waals surface area contributed by atoms with E-state index in [1.54, 1.807) is 19.1 Å². The van der Waals surface area contributed by atoms with Gasteiger partial charge in [-0.3, -0.25) is 0 Å².